The minimum absolute atomic E-state index is 0.172. The molecule has 2 aliphatic rings. The molecule has 5 rings (SSSR count). The minimum Gasteiger partial charge on any atom is -0.462 e. The molecule has 1 atom stereocenters. The topological polar surface area (TPSA) is 105 Å². The number of thiazole rings is 1. The number of carbonyl (C=O) groups is 1. The van der Waals surface area contributed by atoms with Crippen molar-refractivity contribution in [3.63, 3.8) is 0 Å². The fourth-order valence-electron chi connectivity index (χ4n) is 4.22. The highest BCUT2D eigenvalue weighted by molar-refractivity contribution is 7.21. The van der Waals surface area contributed by atoms with Crippen molar-refractivity contribution in [1.29, 1.82) is 0 Å². The molecule has 2 N–H and O–H groups in total. The van der Waals surface area contributed by atoms with Crippen molar-refractivity contribution in [3.05, 3.63) is 18.4 Å². The normalized spacial score (nSPS) is 20.4. The molecule has 2 saturated heterocycles. The largest absolute Gasteiger partial charge is 0.462 e. The highest BCUT2D eigenvalue weighted by atomic mass is 32.1. The minimum atomic E-state index is -0.229. The number of aromatic nitrogens is 3. The van der Waals surface area contributed by atoms with Crippen LogP contribution in [0.25, 0.3) is 21.1 Å². The lowest BCUT2D eigenvalue weighted by molar-refractivity contribution is -0.134. The van der Waals surface area contributed by atoms with Gasteiger partial charge in [0, 0.05) is 32.7 Å². The first kappa shape index (κ1) is 19.3. The lowest BCUT2D eigenvalue weighted by Gasteiger charge is -2.36. The molecule has 0 aliphatic carbocycles. The average molecular weight is 428 g/mol. The Morgan fingerprint density at radius 2 is 2.07 bits per heavy atom. The molecule has 3 aromatic heterocycles. The van der Waals surface area contributed by atoms with Crippen LogP contribution in [0.2, 0.25) is 0 Å². The second-order valence-corrected chi connectivity index (χ2v) is 8.65. The number of furan rings is 1. The van der Waals surface area contributed by atoms with Gasteiger partial charge < -0.3 is 24.9 Å². The molecule has 158 valence electrons. The van der Waals surface area contributed by atoms with Crippen LogP contribution in [0.5, 0.6) is 0 Å². The molecular weight excluding hydrogens is 402 g/mol. The van der Waals surface area contributed by atoms with Crippen molar-refractivity contribution in [1.82, 2.24) is 24.8 Å². The maximum absolute atomic E-state index is 13.2. The molecular formula is C20H25N7O2S. The third-order valence-corrected chi connectivity index (χ3v) is 6.90. The van der Waals surface area contributed by atoms with Crippen LogP contribution in [0.4, 0.5) is 11.8 Å². The quantitative estimate of drug-likeness (QED) is 0.675. The number of nitrogens with two attached hydrogens (primary N) is 1. The summed E-state index contributed by atoms with van der Waals surface area (Å²) in [5.41, 5.74) is 6.80. The fourth-order valence-corrected chi connectivity index (χ4v) is 5.13. The molecule has 9 nitrogen and oxygen atoms in total. The van der Waals surface area contributed by atoms with E-state index >= 15 is 0 Å². The summed E-state index contributed by atoms with van der Waals surface area (Å²) in [6, 6.07) is 3.45. The van der Waals surface area contributed by atoms with Gasteiger partial charge in [0.05, 0.1) is 6.26 Å². The van der Waals surface area contributed by atoms with E-state index in [1.807, 2.05) is 21.9 Å². The van der Waals surface area contributed by atoms with E-state index in [2.05, 4.69) is 21.8 Å². The summed E-state index contributed by atoms with van der Waals surface area (Å²) in [7, 11) is 0. The fraction of sp³-hybridized carbons (Fsp3) is 0.500. The van der Waals surface area contributed by atoms with Crippen LogP contribution in [0.3, 0.4) is 0 Å². The van der Waals surface area contributed by atoms with Crippen molar-refractivity contribution >= 4 is 39.4 Å². The molecule has 30 heavy (non-hydrogen) atoms. The summed E-state index contributed by atoms with van der Waals surface area (Å²) in [4.78, 5) is 34.1. The van der Waals surface area contributed by atoms with E-state index in [0.717, 1.165) is 57.1 Å². The van der Waals surface area contributed by atoms with Gasteiger partial charge in [-0.25, -0.2) is 4.98 Å². The summed E-state index contributed by atoms with van der Waals surface area (Å²) in [5.74, 6) is 1.70. The molecule has 3 aromatic rings. The molecule has 0 aromatic carbocycles. The number of anilines is 2. The summed E-state index contributed by atoms with van der Waals surface area (Å²) in [5, 5.41) is 0.719. The Labute approximate surface area is 178 Å². The lowest BCUT2D eigenvalue weighted by Crippen LogP contribution is -2.53. The predicted octanol–water partition coefficient (Wildman–Crippen LogP) is 2.06. The Balaban J connectivity index is 1.40. The van der Waals surface area contributed by atoms with E-state index in [1.165, 1.54) is 11.3 Å². The Morgan fingerprint density at radius 3 is 2.80 bits per heavy atom. The van der Waals surface area contributed by atoms with Crippen molar-refractivity contribution in [2.75, 3.05) is 49.9 Å². The summed E-state index contributed by atoms with van der Waals surface area (Å²) < 4.78 is 5.45. The van der Waals surface area contributed by atoms with E-state index in [-0.39, 0.29) is 11.9 Å². The second kappa shape index (κ2) is 7.84. The van der Waals surface area contributed by atoms with E-state index in [9.17, 15) is 4.79 Å². The van der Waals surface area contributed by atoms with Crippen LogP contribution in [-0.4, -0.2) is 76.0 Å². The van der Waals surface area contributed by atoms with Crippen LogP contribution in [0.1, 0.15) is 19.8 Å². The number of fused-ring (bicyclic) bond motifs is 1. The van der Waals surface area contributed by atoms with Gasteiger partial charge >= 0.3 is 0 Å². The van der Waals surface area contributed by atoms with Gasteiger partial charge in [0.25, 0.3) is 0 Å². The number of nitrogen functional groups attached to an aromatic ring is 1. The van der Waals surface area contributed by atoms with E-state index in [1.54, 1.807) is 6.26 Å². The molecule has 0 saturated carbocycles. The number of hydrogen-bond acceptors (Lipinski definition) is 9. The highest BCUT2D eigenvalue weighted by Crippen LogP contribution is 2.34. The van der Waals surface area contributed by atoms with Crippen LogP contribution >= 0.6 is 11.3 Å². The first-order valence-corrected chi connectivity index (χ1v) is 11.2. The summed E-state index contributed by atoms with van der Waals surface area (Å²) in [6.07, 6.45) is 3.37. The Kier molecular flexibility index (Phi) is 5.03. The molecule has 10 heteroatoms. The first-order chi connectivity index (χ1) is 14.6. The second-order valence-electron chi connectivity index (χ2n) is 7.67. The number of carbonyl (C=O) groups excluding carboxylic acids is 1. The zero-order chi connectivity index (χ0) is 20.7. The zero-order valence-electron chi connectivity index (χ0n) is 17.0. The van der Waals surface area contributed by atoms with Gasteiger partial charge in [-0.1, -0.05) is 18.3 Å². The SMILES string of the molecule is CCN1CCN(C(=O)[C@@H]2CCCN2c2nc(N)c3nc(-c4ccco4)sc3n2)CC1. The molecule has 2 aliphatic heterocycles. The smallest absolute Gasteiger partial charge is 0.245 e. The van der Waals surface area contributed by atoms with Crippen LogP contribution < -0.4 is 10.6 Å². The number of amides is 1. The zero-order valence-corrected chi connectivity index (χ0v) is 17.8. The van der Waals surface area contributed by atoms with Gasteiger partial charge in [-0.05, 0) is 31.5 Å². The van der Waals surface area contributed by atoms with Crippen LogP contribution in [0, 0.1) is 0 Å². The van der Waals surface area contributed by atoms with Gasteiger partial charge in [-0.3, -0.25) is 4.79 Å². The average Bonchev–Trinajstić information content (AvgIpc) is 3.53. The van der Waals surface area contributed by atoms with Crippen molar-refractivity contribution in [2.24, 2.45) is 0 Å². The maximum Gasteiger partial charge on any atom is 0.245 e. The number of piperazine rings is 1. The molecule has 0 unspecified atom stereocenters. The Bertz CT molecular complexity index is 1040. The summed E-state index contributed by atoms with van der Waals surface area (Å²) >= 11 is 1.42. The summed E-state index contributed by atoms with van der Waals surface area (Å²) in [6.45, 7) is 7.35. The molecule has 1 amide bonds. The highest BCUT2D eigenvalue weighted by Gasteiger charge is 2.36. The maximum atomic E-state index is 13.2. The third-order valence-electron chi connectivity index (χ3n) is 5.93. The Hall–Kier alpha value is -2.72. The monoisotopic (exact) mass is 427 g/mol. The van der Waals surface area contributed by atoms with E-state index < -0.39 is 0 Å². The van der Waals surface area contributed by atoms with Gasteiger partial charge in [-0.2, -0.15) is 9.97 Å². The third kappa shape index (κ3) is 3.39. The van der Waals surface area contributed by atoms with Crippen molar-refractivity contribution in [3.8, 4) is 10.8 Å². The standard InChI is InChI=1S/C20H25N7O2S/c1-2-25-8-10-26(11-9-25)19(28)13-5-3-7-27(13)20-23-16(21)15-18(24-20)30-17(22-15)14-6-4-12-29-14/h4,6,12-13H,2-3,5,7-11H2,1H3,(H2,21,23,24)/t13-/m0/s1. The van der Waals surface area contributed by atoms with Gasteiger partial charge in [0.15, 0.2) is 21.4 Å². The number of nitrogens with zero attached hydrogens (tertiary/aromatic N) is 6. The molecule has 0 spiro atoms. The van der Waals surface area contributed by atoms with Gasteiger partial charge in [0.1, 0.15) is 11.6 Å². The van der Waals surface area contributed by atoms with Crippen molar-refractivity contribution < 1.29 is 9.21 Å². The first-order valence-electron chi connectivity index (χ1n) is 10.4. The predicted molar refractivity (Wildman–Crippen MR) is 116 cm³/mol. The van der Waals surface area contributed by atoms with Crippen molar-refractivity contribution in [2.45, 2.75) is 25.8 Å². The Morgan fingerprint density at radius 1 is 1.23 bits per heavy atom. The molecule has 0 bridgehead atoms. The lowest BCUT2D eigenvalue weighted by atomic mass is 10.1. The van der Waals surface area contributed by atoms with Gasteiger partial charge in [0.2, 0.25) is 11.9 Å². The number of rotatable bonds is 4. The van der Waals surface area contributed by atoms with Gasteiger partial charge in [-0.15, -0.1) is 0 Å². The van der Waals surface area contributed by atoms with E-state index in [0.29, 0.717) is 27.9 Å². The van der Waals surface area contributed by atoms with E-state index in [4.69, 9.17) is 15.1 Å². The molecule has 2 fully saturated rings. The number of hydrogen-bond donors (Lipinski definition) is 1. The van der Waals surface area contributed by atoms with Crippen LogP contribution in [0.15, 0.2) is 22.8 Å². The molecule has 5 heterocycles. The molecule has 0 radical (unpaired) electrons. The number of likely N-dealkylation sites (N-methyl/N-ethyl adjacent to an activating group) is 1. The van der Waals surface area contributed by atoms with Crippen LogP contribution in [-0.2, 0) is 4.79 Å².